The molecule has 0 aliphatic heterocycles. The maximum Gasteiger partial charge on any atom is 0.252 e. The highest BCUT2D eigenvalue weighted by molar-refractivity contribution is 14.1. The third-order valence-electron chi connectivity index (χ3n) is 5.14. The van der Waals surface area contributed by atoms with Crippen LogP contribution in [0.25, 0.3) is 22.4 Å². The predicted octanol–water partition coefficient (Wildman–Crippen LogP) is 5.41. The molecule has 4 rings (SSSR count). The number of aromatic amines is 1. The van der Waals surface area contributed by atoms with Gasteiger partial charge >= 0.3 is 0 Å². The van der Waals surface area contributed by atoms with E-state index in [9.17, 15) is 4.79 Å². The first-order valence-corrected chi connectivity index (χ1v) is 11.3. The fraction of sp³-hybridized carbons (Fsp3) is 0.160. The molecule has 0 saturated heterocycles. The Morgan fingerprint density at radius 3 is 2.48 bits per heavy atom. The number of pyridine rings is 1. The number of hydrogen-bond donors (Lipinski definition) is 2. The fourth-order valence-electron chi connectivity index (χ4n) is 3.52. The Balaban J connectivity index is 1.50. The summed E-state index contributed by atoms with van der Waals surface area (Å²) in [6.07, 6.45) is 5.19. The van der Waals surface area contributed by atoms with E-state index in [0.29, 0.717) is 12.1 Å². The van der Waals surface area contributed by atoms with E-state index in [0.717, 1.165) is 44.5 Å². The highest BCUT2D eigenvalue weighted by Crippen LogP contribution is 2.33. The quantitative estimate of drug-likeness (QED) is 0.252. The molecule has 0 radical (unpaired) electrons. The van der Waals surface area contributed by atoms with E-state index in [1.165, 1.54) is 5.56 Å². The Hall–Kier alpha value is -3.00. The van der Waals surface area contributed by atoms with Crippen LogP contribution in [0.4, 0.5) is 0 Å². The second-order valence-electron chi connectivity index (χ2n) is 7.37. The van der Waals surface area contributed by atoms with Crippen molar-refractivity contribution in [1.82, 2.24) is 20.5 Å². The Bertz CT molecular complexity index is 1170. The molecular formula is C25H23IN4O. The number of carbonyl (C=O) groups excluding carboxylic acids is 1. The number of amides is 1. The number of nitrogens with zero attached hydrogens (tertiary/aromatic N) is 2. The van der Waals surface area contributed by atoms with Crippen molar-refractivity contribution in [3.63, 3.8) is 0 Å². The van der Waals surface area contributed by atoms with E-state index in [4.69, 9.17) is 0 Å². The van der Waals surface area contributed by atoms with Crippen LogP contribution in [0, 0.1) is 10.5 Å². The highest BCUT2D eigenvalue weighted by Gasteiger charge is 2.17. The highest BCUT2D eigenvalue weighted by atomic mass is 127. The summed E-state index contributed by atoms with van der Waals surface area (Å²) in [6.45, 7) is 2.67. The van der Waals surface area contributed by atoms with Crippen LogP contribution < -0.4 is 5.32 Å². The first-order valence-electron chi connectivity index (χ1n) is 10.2. The van der Waals surface area contributed by atoms with E-state index in [2.05, 4.69) is 74.3 Å². The maximum atomic E-state index is 12.4. The van der Waals surface area contributed by atoms with Gasteiger partial charge < -0.3 is 5.32 Å². The Morgan fingerprint density at radius 1 is 1.00 bits per heavy atom. The van der Waals surface area contributed by atoms with Crippen LogP contribution in [0.15, 0.2) is 73.1 Å². The summed E-state index contributed by atoms with van der Waals surface area (Å²) in [5.41, 5.74) is 7.17. The van der Waals surface area contributed by atoms with E-state index >= 15 is 0 Å². The molecule has 6 heteroatoms. The van der Waals surface area contributed by atoms with Gasteiger partial charge in [0.2, 0.25) is 0 Å². The van der Waals surface area contributed by atoms with Crippen molar-refractivity contribution in [2.24, 2.45) is 0 Å². The standard InChI is InChI=1S/C25H23IN4O/c1-17-8-10-19(11-9-17)24-23(18-12-15-27-16-13-18)22(29-30-24)7-4-14-28-25(31)20-5-2-3-6-21(20)26/h2-3,5-6,8-13,15-16H,4,7,14H2,1H3,(H,28,31)(H,29,30). The third-order valence-corrected chi connectivity index (χ3v) is 6.08. The third kappa shape index (κ3) is 5.02. The topological polar surface area (TPSA) is 70.7 Å². The lowest BCUT2D eigenvalue weighted by atomic mass is 9.97. The Labute approximate surface area is 195 Å². The van der Waals surface area contributed by atoms with E-state index in [1.807, 2.05) is 36.4 Å². The number of hydrogen-bond acceptors (Lipinski definition) is 3. The molecule has 5 nitrogen and oxygen atoms in total. The van der Waals surface area contributed by atoms with Crippen molar-refractivity contribution in [3.05, 3.63) is 93.4 Å². The molecule has 1 amide bonds. The smallest absolute Gasteiger partial charge is 0.252 e. The van der Waals surface area contributed by atoms with Crippen LogP contribution >= 0.6 is 22.6 Å². The summed E-state index contributed by atoms with van der Waals surface area (Å²) in [5.74, 6) is -0.0377. The maximum absolute atomic E-state index is 12.4. The zero-order chi connectivity index (χ0) is 21.6. The minimum absolute atomic E-state index is 0.0377. The van der Waals surface area contributed by atoms with Crippen molar-refractivity contribution < 1.29 is 4.79 Å². The van der Waals surface area contributed by atoms with Crippen LogP contribution in [-0.2, 0) is 6.42 Å². The molecule has 2 aromatic heterocycles. The average Bonchev–Trinajstić information content (AvgIpc) is 3.22. The van der Waals surface area contributed by atoms with Crippen molar-refractivity contribution in [1.29, 1.82) is 0 Å². The normalized spacial score (nSPS) is 10.8. The number of benzene rings is 2. The first-order chi connectivity index (χ1) is 15.1. The summed E-state index contributed by atoms with van der Waals surface area (Å²) < 4.78 is 0.953. The van der Waals surface area contributed by atoms with Gasteiger partial charge in [-0.05, 0) is 72.2 Å². The van der Waals surface area contributed by atoms with Crippen molar-refractivity contribution in [2.75, 3.05) is 6.54 Å². The molecule has 0 atom stereocenters. The van der Waals surface area contributed by atoms with Gasteiger partial charge in [-0.1, -0.05) is 42.0 Å². The van der Waals surface area contributed by atoms with E-state index < -0.39 is 0 Å². The Kier molecular flexibility index (Phi) is 6.76. The molecule has 0 fully saturated rings. The fourth-order valence-corrected chi connectivity index (χ4v) is 4.15. The van der Waals surface area contributed by atoms with Crippen LogP contribution in [0.3, 0.4) is 0 Å². The van der Waals surface area contributed by atoms with Crippen molar-refractivity contribution in [2.45, 2.75) is 19.8 Å². The molecule has 0 saturated carbocycles. The summed E-state index contributed by atoms with van der Waals surface area (Å²) in [7, 11) is 0. The number of nitrogens with one attached hydrogen (secondary N) is 2. The van der Waals surface area contributed by atoms with Gasteiger partial charge in [0.25, 0.3) is 5.91 Å². The zero-order valence-corrected chi connectivity index (χ0v) is 19.4. The lowest BCUT2D eigenvalue weighted by Gasteiger charge is -2.09. The molecule has 0 aliphatic carbocycles. The average molecular weight is 522 g/mol. The van der Waals surface area contributed by atoms with Crippen molar-refractivity contribution >= 4 is 28.5 Å². The lowest BCUT2D eigenvalue weighted by Crippen LogP contribution is -2.25. The van der Waals surface area contributed by atoms with Crippen LogP contribution in [0.2, 0.25) is 0 Å². The molecule has 156 valence electrons. The number of aromatic nitrogens is 3. The minimum Gasteiger partial charge on any atom is -0.352 e. The van der Waals surface area contributed by atoms with Gasteiger partial charge in [0.05, 0.1) is 5.56 Å². The van der Waals surface area contributed by atoms with Gasteiger partial charge in [-0.15, -0.1) is 0 Å². The summed E-state index contributed by atoms with van der Waals surface area (Å²) >= 11 is 2.19. The second kappa shape index (κ2) is 9.87. The number of halogens is 1. The summed E-state index contributed by atoms with van der Waals surface area (Å²) in [5, 5.41) is 10.9. The van der Waals surface area contributed by atoms with Gasteiger partial charge in [0.1, 0.15) is 5.69 Å². The molecule has 2 heterocycles. The molecule has 31 heavy (non-hydrogen) atoms. The Morgan fingerprint density at radius 2 is 1.74 bits per heavy atom. The van der Waals surface area contributed by atoms with Crippen LogP contribution in [0.5, 0.6) is 0 Å². The molecule has 0 bridgehead atoms. The largest absolute Gasteiger partial charge is 0.352 e. The van der Waals surface area contributed by atoms with Gasteiger partial charge in [0, 0.05) is 39.3 Å². The van der Waals surface area contributed by atoms with E-state index in [1.54, 1.807) is 12.4 Å². The number of aryl methyl sites for hydroxylation is 2. The minimum atomic E-state index is -0.0377. The molecule has 2 aromatic carbocycles. The first kappa shape index (κ1) is 21.2. The summed E-state index contributed by atoms with van der Waals surface area (Å²) in [6, 6.07) is 20.0. The van der Waals surface area contributed by atoms with Gasteiger partial charge in [0.15, 0.2) is 0 Å². The lowest BCUT2D eigenvalue weighted by molar-refractivity contribution is 0.0952. The van der Waals surface area contributed by atoms with Gasteiger partial charge in [-0.3, -0.25) is 14.9 Å². The molecule has 0 spiro atoms. The summed E-state index contributed by atoms with van der Waals surface area (Å²) in [4.78, 5) is 16.6. The van der Waals surface area contributed by atoms with Gasteiger partial charge in [-0.25, -0.2) is 0 Å². The number of H-pyrrole nitrogens is 1. The van der Waals surface area contributed by atoms with E-state index in [-0.39, 0.29) is 5.91 Å². The molecule has 2 N–H and O–H groups in total. The second-order valence-corrected chi connectivity index (χ2v) is 8.53. The molecule has 0 unspecified atom stereocenters. The predicted molar refractivity (Wildman–Crippen MR) is 132 cm³/mol. The van der Waals surface area contributed by atoms with Gasteiger partial charge in [-0.2, -0.15) is 5.10 Å². The molecule has 4 aromatic rings. The molecular weight excluding hydrogens is 499 g/mol. The van der Waals surface area contributed by atoms with Crippen LogP contribution in [-0.4, -0.2) is 27.6 Å². The number of rotatable bonds is 7. The SMILES string of the molecule is Cc1ccc(-c2n[nH]c(CCCNC(=O)c3ccccc3I)c2-c2ccncc2)cc1. The van der Waals surface area contributed by atoms with Crippen molar-refractivity contribution in [3.8, 4) is 22.4 Å². The number of carbonyl (C=O) groups is 1. The van der Waals surface area contributed by atoms with Crippen LogP contribution in [0.1, 0.15) is 28.0 Å². The molecule has 0 aliphatic rings. The zero-order valence-electron chi connectivity index (χ0n) is 17.2. The monoisotopic (exact) mass is 522 g/mol.